The molecule has 6 heteroatoms. The molecule has 1 fully saturated rings. The van der Waals surface area contributed by atoms with Crippen molar-refractivity contribution >= 4 is 10.0 Å². The molecule has 1 atom stereocenters. The van der Waals surface area contributed by atoms with Gasteiger partial charge in [-0.3, -0.25) is 0 Å². The summed E-state index contributed by atoms with van der Waals surface area (Å²) in [4.78, 5) is 3.41. The Morgan fingerprint density at radius 1 is 1.53 bits per heavy atom. The molecule has 19 heavy (non-hydrogen) atoms. The predicted octanol–water partition coefficient (Wildman–Crippen LogP) is 1.69. The van der Waals surface area contributed by atoms with Crippen LogP contribution >= 0.6 is 0 Å². The first-order chi connectivity index (χ1) is 8.91. The van der Waals surface area contributed by atoms with Crippen molar-refractivity contribution in [2.24, 2.45) is 0 Å². The highest BCUT2D eigenvalue weighted by Gasteiger charge is 2.33. The SMILES string of the molecule is CC(C)NCc1cc(S(=O)(=O)N2CCCC2C)c[nH]1. The van der Waals surface area contributed by atoms with Gasteiger partial charge in [-0.15, -0.1) is 0 Å². The summed E-state index contributed by atoms with van der Waals surface area (Å²) in [6, 6.07) is 2.22. The van der Waals surface area contributed by atoms with E-state index in [1.165, 1.54) is 0 Å². The van der Waals surface area contributed by atoms with E-state index in [4.69, 9.17) is 0 Å². The van der Waals surface area contributed by atoms with E-state index in [0.29, 0.717) is 24.0 Å². The van der Waals surface area contributed by atoms with E-state index >= 15 is 0 Å². The molecule has 0 saturated carbocycles. The number of aromatic nitrogens is 1. The number of hydrogen-bond donors (Lipinski definition) is 2. The molecule has 1 aromatic heterocycles. The fourth-order valence-corrected chi connectivity index (χ4v) is 4.10. The van der Waals surface area contributed by atoms with Crippen molar-refractivity contribution in [2.75, 3.05) is 6.54 Å². The minimum atomic E-state index is -3.33. The van der Waals surface area contributed by atoms with Crippen LogP contribution < -0.4 is 5.32 Å². The fraction of sp³-hybridized carbons (Fsp3) is 0.692. The number of nitrogens with zero attached hydrogens (tertiary/aromatic N) is 1. The maximum absolute atomic E-state index is 12.5. The number of sulfonamides is 1. The standard InChI is InChI=1S/C13H23N3O2S/c1-10(2)14-8-12-7-13(9-15-12)19(17,18)16-6-4-5-11(16)3/h7,9-11,14-15H,4-6,8H2,1-3H3. The Morgan fingerprint density at radius 3 is 2.84 bits per heavy atom. The highest BCUT2D eigenvalue weighted by molar-refractivity contribution is 7.89. The van der Waals surface area contributed by atoms with Crippen LogP contribution in [0.3, 0.4) is 0 Å². The third kappa shape index (κ3) is 3.19. The smallest absolute Gasteiger partial charge is 0.244 e. The van der Waals surface area contributed by atoms with Gasteiger partial charge >= 0.3 is 0 Å². The number of H-pyrrole nitrogens is 1. The van der Waals surface area contributed by atoms with Crippen molar-refractivity contribution in [3.8, 4) is 0 Å². The molecular formula is C13H23N3O2S. The Bertz CT molecular complexity index is 522. The molecule has 1 aliphatic rings. The van der Waals surface area contributed by atoms with Crippen LogP contribution in [0.15, 0.2) is 17.2 Å². The van der Waals surface area contributed by atoms with Crippen molar-refractivity contribution in [3.63, 3.8) is 0 Å². The highest BCUT2D eigenvalue weighted by atomic mass is 32.2. The van der Waals surface area contributed by atoms with Crippen molar-refractivity contribution in [2.45, 2.75) is 57.1 Å². The average molecular weight is 285 g/mol. The van der Waals surface area contributed by atoms with Crippen molar-refractivity contribution in [1.29, 1.82) is 0 Å². The van der Waals surface area contributed by atoms with Gasteiger partial charge in [0.15, 0.2) is 0 Å². The summed E-state index contributed by atoms with van der Waals surface area (Å²) in [5.41, 5.74) is 0.902. The first kappa shape index (κ1) is 14.6. The second-order valence-corrected chi connectivity index (χ2v) is 7.39. The molecule has 0 aromatic carbocycles. The molecule has 1 aromatic rings. The Labute approximate surface area is 115 Å². The highest BCUT2D eigenvalue weighted by Crippen LogP contribution is 2.25. The topological polar surface area (TPSA) is 65.2 Å². The largest absolute Gasteiger partial charge is 0.363 e. The van der Waals surface area contributed by atoms with Crippen LogP contribution in [0.5, 0.6) is 0 Å². The third-order valence-electron chi connectivity index (χ3n) is 3.52. The molecule has 0 radical (unpaired) electrons. The van der Waals surface area contributed by atoms with Gasteiger partial charge in [0.1, 0.15) is 0 Å². The number of aromatic amines is 1. The van der Waals surface area contributed by atoms with E-state index in [9.17, 15) is 8.42 Å². The zero-order valence-corrected chi connectivity index (χ0v) is 12.6. The summed E-state index contributed by atoms with van der Waals surface area (Å²) < 4.78 is 26.6. The number of rotatable bonds is 5. The molecule has 0 aliphatic carbocycles. The van der Waals surface area contributed by atoms with E-state index in [0.717, 1.165) is 18.5 Å². The van der Waals surface area contributed by atoms with Gasteiger partial charge in [0, 0.05) is 37.1 Å². The average Bonchev–Trinajstić information content (AvgIpc) is 2.95. The monoisotopic (exact) mass is 285 g/mol. The van der Waals surface area contributed by atoms with Gasteiger partial charge in [-0.05, 0) is 25.8 Å². The lowest BCUT2D eigenvalue weighted by Crippen LogP contribution is -2.33. The fourth-order valence-electron chi connectivity index (χ4n) is 2.38. The number of hydrogen-bond acceptors (Lipinski definition) is 3. The van der Waals surface area contributed by atoms with Gasteiger partial charge in [0.2, 0.25) is 10.0 Å². The molecule has 1 aliphatic heterocycles. The molecule has 108 valence electrons. The summed E-state index contributed by atoms with van der Waals surface area (Å²) in [5, 5.41) is 3.27. The van der Waals surface area contributed by atoms with E-state index < -0.39 is 10.0 Å². The lowest BCUT2D eigenvalue weighted by atomic mass is 10.3. The van der Waals surface area contributed by atoms with Gasteiger partial charge in [-0.1, -0.05) is 13.8 Å². The normalized spacial score (nSPS) is 21.4. The molecule has 0 amide bonds. The van der Waals surface area contributed by atoms with E-state index in [2.05, 4.69) is 24.1 Å². The van der Waals surface area contributed by atoms with Crippen molar-refractivity contribution in [3.05, 3.63) is 18.0 Å². The zero-order valence-electron chi connectivity index (χ0n) is 11.8. The van der Waals surface area contributed by atoms with Crippen LogP contribution in [-0.4, -0.2) is 36.3 Å². The lowest BCUT2D eigenvalue weighted by molar-refractivity contribution is 0.408. The van der Waals surface area contributed by atoms with Gasteiger partial charge in [0.25, 0.3) is 0 Å². The molecule has 0 spiro atoms. The summed E-state index contributed by atoms with van der Waals surface area (Å²) in [6.45, 7) is 7.38. The zero-order chi connectivity index (χ0) is 14.0. The van der Waals surface area contributed by atoms with Crippen LogP contribution in [0.2, 0.25) is 0 Å². The molecule has 2 rings (SSSR count). The first-order valence-corrected chi connectivity index (χ1v) is 8.28. The minimum absolute atomic E-state index is 0.108. The van der Waals surface area contributed by atoms with Crippen LogP contribution in [0, 0.1) is 0 Å². The van der Waals surface area contributed by atoms with E-state index in [-0.39, 0.29) is 6.04 Å². The van der Waals surface area contributed by atoms with Crippen LogP contribution in [0.4, 0.5) is 0 Å². The second-order valence-electron chi connectivity index (χ2n) is 5.50. The predicted molar refractivity (Wildman–Crippen MR) is 75.4 cm³/mol. The second kappa shape index (κ2) is 5.64. The molecular weight excluding hydrogens is 262 g/mol. The van der Waals surface area contributed by atoms with E-state index in [1.807, 2.05) is 6.92 Å². The summed E-state index contributed by atoms with van der Waals surface area (Å²) in [6.07, 6.45) is 3.50. The summed E-state index contributed by atoms with van der Waals surface area (Å²) in [7, 11) is -3.33. The Morgan fingerprint density at radius 2 is 2.26 bits per heavy atom. The van der Waals surface area contributed by atoms with Gasteiger partial charge in [0.05, 0.1) is 4.90 Å². The molecule has 1 saturated heterocycles. The van der Waals surface area contributed by atoms with Gasteiger partial charge < -0.3 is 10.3 Å². The molecule has 2 heterocycles. The molecule has 5 nitrogen and oxygen atoms in total. The Kier molecular flexibility index (Phi) is 4.32. The molecule has 2 N–H and O–H groups in total. The Hall–Kier alpha value is -0.850. The van der Waals surface area contributed by atoms with Crippen molar-refractivity contribution < 1.29 is 8.42 Å². The Balaban J connectivity index is 2.13. The summed E-state index contributed by atoms with van der Waals surface area (Å²) in [5.74, 6) is 0. The van der Waals surface area contributed by atoms with Gasteiger partial charge in [-0.25, -0.2) is 8.42 Å². The minimum Gasteiger partial charge on any atom is -0.363 e. The van der Waals surface area contributed by atoms with Gasteiger partial charge in [-0.2, -0.15) is 4.31 Å². The number of nitrogens with one attached hydrogen (secondary N) is 2. The van der Waals surface area contributed by atoms with E-state index in [1.54, 1.807) is 16.6 Å². The quantitative estimate of drug-likeness (QED) is 0.865. The first-order valence-electron chi connectivity index (χ1n) is 6.84. The van der Waals surface area contributed by atoms with Crippen LogP contribution in [-0.2, 0) is 16.6 Å². The molecule has 1 unspecified atom stereocenters. The summed E-state index contributed by atoms with van der Waals surface area (Å²) >= 11 is 0. The lowest BCUT2D eigenvalue weighted by Gasteiger charge is -2.19. The maximum Gasteiger partial charge on any atom is 0.244 e. The molecule has 0 bridgehead atoms. The van der Waals surface area contributed by atoms with Crippen LogP contribution in [0.1, 0.15) is 39.3 Å². The third-order valence-corrected chi connectivity index (χ3v) is 5.51. The van der Waals surface area contributed by atoms with Crippen LogP contribution in [0.25, 0.3) is 0 Å². The maximum atomic E-state index is 12.5. The van der Waals surface area contributed by atoms with Crippen molar-refractivity contribution in [1.82, 2.24) is 14.6 Å².